The molecule has 0 aliphatic carbocycles. The topological polar surface area (TPSA) is 20.3 Å². The molecule has 4 heteroatoms. The Morgan fingerprint density at radius 3 is 2.88 bits per heavy atom. The Bertz CT molecular complexity index is 424. The van der Waals surface area contributed by atoms with E-state index in [4.69, 9.17) is 11.6 Å². The number of carbonyl (C=O) groups excluding carboxylic acids is 1. The van der Waals surface area contributed by atoms with Gasteiger partial charge in [0.05, 0.1) is 10.6 Å². The zero-order valence-corrected chi connectivity index (χ0v) is 12.0. The van der Waals surface area contributed by atoms with Gasteiger partial charge in [-0.05, 0) is 24.5 Å². The van der Waals surface area contributed by atoms with Gasteiger partial charge in [0.1, 0.15) is 0 Å². The summed E-state index contributed by atoms with van der Waals surface area (Å²) >= 11 is 9.56. The zero-order valence-electron chi connectivity index (χ0n) is 9.70. The van der Waals surface area contributed by atoms with Gasteiger partial charge >= 0.3 is 0 Å². The smallest absolute Gasteiger partial charge is 0.255 e. The van der Waals surface area contributed by atoms with E-state index in [0.717, 1.165) is 18.3 Å². The Morgan fingerprint density at radius 1 is 1.53 bits per heavy atom. The van der Waals surface area contributed by atoms with Crippen LogP contribution in [-0.4, -0.2) is 28.7 Å². The van der Waals surface area contributed by atoms with Crippen LogP contribution in [0.25, 0.3) is 0 Å². The van der Waals surface area contributed by atoms with Gasteiger partial charge in [-0.1, -0.05) is 46.6 Å². The van der Waals surface area contributed by atoms with Crippen LogP contribution in [0.1, 0.15) is 23.7 Å². The Kier molecular flexibility index (Phi) is 4.10. The molecule has 0 bridgehead atoms. The number of nitrogens with zero attached hydrogens (tertiary/aromatic N) is 1. The van der Waals surface area contributed by atoms with Crippen molar-refractivity contribution in [1.29, 1.82) is 0 Å². The van der Waals surface area contributed by atoms with Gasteiger partial charge in [0.25, 0.3) is 5.91 Å². The van der Waals surface area contributed by atoms with E-state index in [0.29, 0.717) is 16.5 Å². The van der Waals surface area contributed by atoms with E-state index in [9.17, 15) is 4.79 Å². The Morgan fingerprint density at radius 2 is 2.24 bits per heavy atom. The maximum atomic E-state index is 12.4. The van der Waals surface area contributed by atoms with E-state index in [1.54, 1.807) is 12.1 Å². The number of hydrogen-bond acceptors (Lipinski definition) is 1. The highest BCUT2D eigenvalue weighted by Gasteiger charge is 2.34. The molecule has 2 atom stereocenters. The van der Waals surface area contributed by atoms with Gasteiger partial charge in [0, 0.05) is 17.9 Å². The van der Waals surface area contributed by atoms with Crippen LogP contribution < -0.4 is 0 Å². The molecule has 0 saturated carbocycles. The molecule has 1 saturated heterocycles. The summed E-state index contributed by atoms with van der Waals surface area (Å²) in [6, 6.07) is 7.52. The van der Waals surface area contributed by atoms with E-state index in [1.165, 1.54) is 0 Å². The molecular formula is C13H15BrClNO. The molecule has 0 spiro atoms. The Hall–Kier alpha value is -0.540. The molecule has 0 aromatic heterocycles. The minimum Gasteiger partial charge on any atom is -0.334 e. The van der Waals surface area contributed by atoms with E-state index in [1.807, 2.05) is 17.0 Å². The summed E-state index contributed by atoms with van der Waals surface area (Å²) in [5.74, 6) is 0.588. The van der Waals surface area contributed by atoms with E-state index in [2.05, 4.69) is 22.9 Å². The molecule has 1 fully saturated rings. The van der Waals surface area contributed by atoms with Gasteiger partial charge in [-0.15, -0.1) is 0 Å². The summed E-state index contributed by atoms with van der Waals surface area (Å²) in [5.41, 5.74) is 0.606. The van der Waals surface area contributed by atoms with E-state index in [-0.39, 0.29) is 11.9 Å². The standard InChI is InChI=1S/C13H15BrClNO/c1-9-6-7-16(12(9)8-14)13(17)10-4-2-3-5-11(10)15/h2-5,9,12H,6-8H2,1H3. The number of likely N-dealkylation sites (tertiary alicyclic amines) is 1. The minimum absolute atomic E-state index is 0.0457. The van der Waals surface area contributed by atoms with Crippen molar-refractivity contribution in [2.45, 2.75) is 19.4 Å². The van der Waals surface area contributed by atoms with Crippen LogP contribution >= 0.6 is 27.5 Å². The Balaban J connectivity index is 2.24. The molecule has 1 aliphatic rings. The fraction of sp³-hybridized carbons (Fsp3) is 0.462. The summed E-state index contributed by atoms with van der Waals surface area (Å²) in [5, 5.41) is 1.36. The fourth-order valence-electron chi connectivity index (χ4n) is 2.29. The highest BCUT2D eigenvalue weighted by atomic mass is 79.9. The van der Waals surface area contributed by atoms with Crippen LogP contribution in [0.5, 0.6) is 0 Å². The molecule has 0 N–H and O–H groups in total. The van der Waals surface area contributed by atoms with Gasteiger partial charge in [-0.3, -0.25) is 4.79 Å². The molecule has 0 radical (unpaired) electrons. The van der Waals surface area contributed by atoms with Crippen LogP contribution in [-0.2, 0) is 0 Å². The van der Waals surface area contributed by atoms with Crippen LogP contribution in [0.4, 0.5) is 0 Å². The molecule has 2 unspecified atom stereocenters. The van der Waals surface area contributed by atoms with Crippen LogP contribution in [0.15, 0.2) is 24.3 Å². The lowest BCUT2D eigenvalue weighted by molar-refractivity contribution is 0.0739. The summed E-state index contributed by atoms with van der Waals surface area (Å²) in [4.78, 5) is 14.3. The molecule has 1 aromatic rings. The first kappa shape index (κ1) is 12.9. The lowest BCUT2D eigenvalue weighted by Gasteiger charge is -2.25. The van der Waals surface area contributed by atoms with Gasteiger partial charge in [-0.25, -0.2) is 0 Å². The molecule has 1 aromatic carbocycles. The van der Waals surface area contributed by atoms with Crippen molar-refractivity contribution in [2.24, 2.45) is 5.92 Å². The first-order chi connectivity index (χ1) is 8.15. The first-order valence-electron chi connectivity index (χ1n) is 5.76. The monoisotopic (exact) mass is 315 g/mol. The highest BCUT2D eigenvalue weighted by molar-refractivity contribution is 9.09. The van der Waals surface area contributed by atoms with Crippen molar-refractivity contribution in [3.63, 3.8) is 0 Å². The van der Waals surface area contributed by atoms with Gasteiger partial charge in [0.15, 0.2) is 0 Å². The number of benzene rings is 1. The third kappa shape index (κ3) is 2.50. The second-order valence-corrected chi connectivity index (χ2v) is 5.52. The lowest BCUT2D eigenvalue weighted by atomic mass is 10.0. The molecule has 1 aliphatic heterocycles. The number of amides is 1. The maximum absolute atomic E-state index is 12.4. The SMILES string of the molecule is CC1CCN(C(=O)c2ccccc2Cl)C1CBr. The number of rotatable bonds is 2. The molecule has 2 nitrogen and oxygen atoms in total. The van der Waals surface area contributed by atoms with Crippen molar-refractivity contribution < 1.29 is 4.79 Å². The number of alkyl halides is 1. The normalized spacial score (nSPS) is 24.1. The van der Waals surface area contributed by atoms with Crippen molar-refractivity contribution in [2.75, 3.05) is 11.9 Å². The predicted octanol–water partition coefficient (Wildman–Crippen LogP) is 3.59. The maximum Gasteiger partial charge on any atom is 0.255 e. The quantitative estimate of drug-likeness (QED) is 0.764. The summed E-state index contributed by atoms with van der Waals surface area (Å²) in [7, 11) is 0. The van der Waals surface area contributed by atoms with Crippen LogP contribution in [0.3, 0.4) is 0 Å². The third-order valence-electron chi connectivity index (χ3n) is 3.41. The second kappa shape index (κ2) is 5.40. The summed E-state index contributed by atoms with van der Waals surface area (Å²) in [6.45, 7) is 3.01. The molecular weight excluding hydrogens is 302 g/mol. The average molecular weight is 317 g/mol. The predicted molar refractivity (Wildman–Crippen MR) is 73.9 cm³/mol. The fourth-order valence-corrected chi connectivity index (χ4v) is 3.49. The first-order valence-corrected chi connectivity index (χ1v) is 7.26. The summed E-state index contributed by atoms with van der Waals surface area (Å²) in [6.07, 6.45) is 1.06. The minimum atomic E-state index is 0.0457. The molecule has 1 amide bonds. The largest absolute Gasteiger partial charge is 0.334 e. The van der Waals surface area contributed by atoms with Crippen molar-refractivity contribution >= 4 is 33.4 Å². The lowest BCUT2D eigenvalue weighted by Crippen LogP contribution is -2.38. The van der Waals surface area contributed by atoms with Crippen LogP contribution in [0.2, 0.25) is 5.02 Å². The van der Waals surface area contributed by atoms with Crippen LogP contribution in [0, 0.1) is 5.92 Å². The van der Waals surface area contributed by atoms with Gasteiger partial charge < -0.3 is 4.90 Å². The highest BCUT2D eigenvalue weighted by Crippen LogP contribution is 2.28. The number of carbonyl (C=O) groups is 1. The second-order valence-electron chi connectivity index (χ2n) is 4.47. The molecule has 92 valence electrons. The third-order valence-corrected chi connectivity index (χ3v) is 4.40. The summed E-state index contributed by atoms with van der Waals surface area (Å²) < 4.78 is 0. The van der Waals surface area contributed by atoms with Crippen molar-refractivity contribution in [1.82, 2.24) is 4.90 Å². The van der Waals surface area contributed by atoms with E-state index >= 15 is 0 Å². The van der Waals surface area contributed by atoms with Crippen molar-refractivity contribution in [3.8, 4) is 0 Å². The number of hydrogen-bond donors (Lipinski definition) is 0. The molecule has 2 rings (SSSR count). The Labute approximate surface area is 115 Å². The molecule has 17 heavy (non-hydrogen) atoms. The van der Waals surface area contributed by atoms with Gasteiger partial charge in [-0.2, -0.15) is 0 Å². The average Bonchev–Trinajstić information content (AvgIpc) is 2.70. The van der Waals surface area contributed by atoms with E-state index < -0.39 is 0 Å². The van der Waals surface area contributed by atoms with Gasteiger partial charge in [0.2, 0.25) is 0 Å². The number of halogens is 2. The van der Waals surface area contributed by atoms with Crippen molar-refractivity contribution in [3.05, 3.63) is 34.9 Å². The zero-order chi connectivity index (χ0) is 12.4. The molecule has 1 heterocycles.